The summed E-state index contributed by atoms with van der Waals surface area (Å²) >= 11 is 0. The van der Waals surface area contributed by atoms with E-state index in [-0.39, 0.29) is 11.4 Å². The summed E-state index contributed by atoms with van der Waals surface area (Å²) in [7, 11) is 3.80. The number of nitrogens with one attached hydrogen (secondary N) is 1. The van der Waals surface area contributed by atoms with E-state index in [4.69, 9.17) is 4.74 Å². The first kappa shape index (κ1) is 15.9. The number of carbonyl (C=O) groups is 1. The number of anilines is 1. The molecule has 0 spiro atoms. The second-order valence-electron chi connectivity index (χ2n) is 8.27. The van der Waals surface area contributed by atoms with Crippen molar-refractivity contribution in [2.45, 2.75) is 44.1 Å². The van der Waals surface area contributed by atoms with Gasteiger partial charge in [-0.05, 0) is 87.6 Å². The van der Waals surface area contributed by atoms with E-state index >= 15 is 0 Å². The van der Waals surface area contributed by atoms with Gasteiger partial charge in [-0.2, -0.15) is 0 Å². The van der Waals surface area contributed by atoms with Crippen molar-refractivity contribution in [3.63, 3.8) is 0 Å². The molecule has 0 atom stereocenters. The van der Waals surface area contributed by atoms with E-state index in [0.29, 0.717) is 6.54 Å². The topological polar surface area (TPSA) is 41.6 Å². The van der Waals surface area contributed by atoms with Gasteiger partial charge in [-0.3, -0.25) is 9.69 Å². The molecule has 1 N–H and O–H groups in total. The molecule has 0 radical (unpaired) electrons. The molecule has 1 aromatic rings. The Labute approximate surface area is 144 Å². The largest absolute Gasteiger partial charge is 0.497 e. The zero-order valence-corrected chi connectivity index (χ0v) is 14.8. The average Bonchev–Trinajstić information content (AvgIpc) is 2.54. The lowest BCUT2D eigenvalue weighted by atomic mass is 9.52. The second-order valence-corrected chi connectivity index (χ2v) is 8.27. The van der Waals surface area contributed by atoms with Gasteiger partial charge in [-0.25, -0.2) is 0 Å². The molecule has 0 aromatic heterocycles. The number of benzene rings is 1. The SMILES string of the molecule is COc1ccc(NC(=O)CN(C)C23CC4CC(CC(C4)C2)C3)cc1. The minimum absolute atomic E-state index is 0.0819. The van der Waals surface area contributed by atoms with E-state index in [0.717, 1.165) is 29.2 Å². The zero-order chi connectivity index (χ0) is 16.7. The fourth-order valence-corrected chi connectivity index (χ4v) is 5.79. The molecule has 0 aliphatic heterocycles. The van der Waals surface area contributed by atoms with Crippen LogP contribution in [0.15, 0.2) is 24.3 Å². The van der Waals surface area contributed by atoms with E-state index in [1.165, 1.54) is 38.5 Å². The summed E-state index contributed by atoms with van der Waals surface area (Å²) in [6.07, 6.45) is 8.20. The minimum atomic E-state index is 0.0819. The van der Waals surface area contributed by atoms with Crippen molar-refractivity contribution in [2.75, 3.05) is 26.0 Å². The van der Waals surface area contributed by atoms with Crippen LogP contribution in [0, 0.1) is 17.8 Å². The molecule has 4 aliphatic carbocycles. The molecule has 4 aliphatic rings. The highest BCUT2D eigenvalue weighted by Crippen LogP contribution is 2.57. The van der Waals surface area contributed by atoms with Gasteiger partial charge < -0.3 is 10.1 Å². The summed E-state index contributed by atoms with van der Waals surface area (Å²) in [5.74, 6) is 3.60. The van der Waals surface area contributed by atoms with Crippen molar-refractivity contribution in [1.82, 2.24) is 4.90 Å². The van der Waals surface area contributed by atoms with Crippen LogP contribution >= 0.6 is 0 Å². The molecule has 0 unspecified atom stereocenters. The first-order valence-corrected chi connectivity index (χ1v) is 9.21. The van der Waals surface area contributed by atoms with Gasteiger partial charge in [0.05, 0.1) is 13.7 Å². The quantitative estimate of drug-likeness (QED) is 0.899. The number of methoxy groups -OCH3 is 1. The lowest BCUT2D eigenvalue weighted by molar-refractivity contribution is -0.123. The first-order chi connectivity index (χ1) is 11.6. The number of ether oxygens (including phenoxy) is 1. The summed E-state index contributed by atoms with van der Waals surface area (Å²) in [4.78, 5) is 14.8. The molecular weight excluding hydrogens is 300 g/mol. The highest BCUT2D eigenvalue weighted by molar-refractivity contribution is 5.92. The Balaban J connectivity index is 1.38. The van der Waals surface area contributed by atoms with Crippen LogP contribution in [0.25, 0.3) is 0 Å². The van der Waals surface area contributed by atoms with Crippen molar-refractivity contribution >= 4 is 11.6 Å². The molecule has 4 bridgehead atoms. The third-order valence-corrected chi connectivity index (χ3v) is 6.57. The van der Waals surface area contributed by atoms with Gasteiger partial charge in [0.25, 0.3) is 0 Å². The van der Waals surface area contributed by atoms with E-state index in [1.54, 1.807) is 7.11 Å². The maximum absolute atomic E-state index is 12.5. The van der Waals surface area contributed by atoms with E-state index < -0.39 is 0 Å². The molecule has 4 saturated carbocycles. The van der Waals surface area contributed by atoms with Crippen LogP contribution in [0.3, 0.4) is 0 Å². The van der Waals surface area contributed by atoms with Gasteiger partial charge in [0.15, 0.2) is 0 Å². The van der Waals surface area contributed by atoms with E-state index in [1.807, 2.05) is 24.3 Å². The van der Waals surface area contributed by atoms with E-state index in [2.05, 4.69) is 17.3 Å². The van der Waals surface area contributed by atoms with Gasteiger partial charge in [-0.15, -0.1) is 0 Å². The smallest absolute Gasteiger partial charge is 0.238 e. The van der Waals surface area contributed by atoms with Crippen molar-refractivity contribution in [3.8, 4) is 5.75 Å². The van der Waals surface area contributed by atoms with Crippen LogP contribution in [-0.2, 0) is 4.79 Å². The van der Waals surface area contributed by atoms with Crippen LogP contribution < -0.4 is 10.1 Å². The summed E-state index contributed by atoms with van der Waals surface area (Å²) in [5.41, 5.74) is 1.12. The summed E-state index contributed by atoms with van der Waals surface area (Å²) in [6, 6.07) is 7.53. The molecule has 24 heavy (non-hydrogen) atoms. The Bertz CT molecular complexity index is 575. The molecule has 130 valence electrons. The van der Waals surface area contributed by atoms with Crippen molar-refractivity contribution < 1.29 is 9.53 Å². The summed E-state index contributed by atoms with van der Waals surface area (Å²) in [5, 5.41) is 3.02. The first-order valence-electron chi connectivity index (χ1n) is 9.21. The minimum Gasteiger partial charge on any atom is -0.497 e. The maximum atomic E-state index is 12.5. The molecule has 1 aromatic carbocycles. The van der Waals surface area contributed by atoms with Crippen LogP contribution in [0.2, 0.25) is 0 Å². The molecule has 5 rings (SSSR count). The predicted molar refractivity (Wildman–Crippen MR) is 95.2 cm³/mol. The number of carbonyl (C=O) groups excluding carboxylic acids is 1. The van der Waals surface area contributed by atoms with Crippen molar-refractivity contribution in [1.29, 1.82) is 0 Å². The third-order valence-electron chi connectivity index (χ3n) is 6.57. The highest BCUT2D eigenvalue weighted by Gasteiger charge is 2.52. The molecule has 0 saturated heterocycles. The maximum Gasteiger partial charge on any atom is 0.238 e. The molecule has 4 heteroatoms. The van der Waals surface area contributed by atoms with E-state index in [9.17, 15) is 4.79 Å². The zero-order valence-electron chi connectivity index (χ0n) is 14.8. The normalized spacial score (nSPS) is 33.7. The number of hydrogen-bond acceptors (Lipinski definition) is 3. The molecule has 4 nitrogen and oxygen atoms in total. The van der Waals surface area contributed by atoms with Crippen molar-refractivity contribution in [3.05, 3.63) is 24.3 Å². The lowest BCUT2D eigenvalue weighted by Gasteiger charge is -2.59. The fourth-order valence-electron chi connectivity index (χ4n) is 5.79. The number of hydrogen-bond donors (Lipinski definition) is 1. The third kappa shape index (κ3) is 2.92. The van der Waals surface area contributed by atoms with Crippen LogP contribution in [0.1, 0.15) is 38.5 Å². The van der Waals surface area contributed by atoms with Crippen LogP contribution in [-0.4, -0.2) is 37.0 Å². The Morgan fingerprint density at radius 3 is 2.17 bits per heavy atom. The molecule has 1 amide bonds. The highest BCUT2D eigenvalue weighted by atomic mass is 16.5. The van der Waals surface area contributed by atoms with Gasteiger partial charge >= 0.3 is 0 Å². The summed E-state index contributed by atoms with van der Waals surface area (Å²) in [6.45, 7) is 0.484. The molecule has 0 heterocycles. The second kappa shape index (κ2) is 6.07. The van der Waals surface area contributed by atoms with Gasteiger partial charge in [-0.1, -0.05) is 0 Å². The number of likely N-dealkylation sites (N-methyl/N-ethyl adjacent to an activating group) is 1. The number of amides is 1. The Hall–Kier alpha value is -1.55. The lowest BCUT2D eigenvalue weighted by Crippen LogP contribution is -2.59. The summed E-state index contributed by atoms with van der Waals surface area (Å²) < 4.78 is 5.16. The Kier molecular flexibility index (Phi) is 4.03. The monoisotopic (exact) mass is 328 g/mol. The van der Waals surface area contributed by atoms with Crippen molar-refractivity contribution in [2.24, 2.45) is 17.8 Å². The standard InChI is InChI=1S/C20H28N2O2/c1-22(13-19(23)21-17-3-5-18(24-2)6-4-17)20-10-14-7-15(11-20)9-16(8-14)12-20/h3-6,14-16H,7-13H2,1-2H3,(H,21,23). The molecular formula is C20H28N2O2. The van der Waals surface area contributed by atoms with Gasteiger partial charge in [0.2, 0.25) is 5.91 Å². The fraction of sp³-hybridized carbons (Fsp3) is 0.650. The molecule has 4 fully saturated rings. The van der Waals surface area contributed by atoms with Gasteiger partial charge in [0.1, 0.15) is 5.75 Å². The number of nitrogens with zero attached hydrogens (tertiary/aromatic N) is 1. The Morgan fingerprint density at radius 1 is 1.12 bits per heavy atom. The van der Waals surface area contributed by atoms with Gasteiger partial charge in [0, 0.05) is 11.2 Å². The number of rotatable bonds is 5. The average molecular weight is 328 g/mol. The van der Waals surface area contributed by atoms with Crippen LogP contribution in [0.4, 0.5) is 5.69 Å². The predicted octanol–water partition coefficient (Wildman–Crippen LogP) is 3.53. The Morgan fingerprint density at radius 2 is 1.67 bits per heavy atom. The van der Waals surface area contributed by atoms with Crippen LogP contribution in [0.5, 0.6) is 5.75 Å².